The first-order valence-electron chi connectivity index (χ1n) is 25.1. The summed E-state index contributed by atoms with van der Waals surface area (Å²) in [5.41, 5.74) is 29.5. The lowest BCUT2D eigenvalue weighted by atomic mass is 10.1. The standard InChI is InChI=1S/C20H22ClN5O2.C19H20ClN5O2.C18H18ClN5O2/c1-12-9-23-15(13(2)17(12)28-3)11-26-10-14(7-5-4-6-8-27)16-18(21)24-20(22)25-19(16)26;1-11-8-22-14(12(2)16(11)27-3)10-25-9-13(6-4-5-7-26)15-17(20)23-19(21)24-18(15)25;1-10-7-21-13(11(2)15(10)26-3)9-24-8-12(5-4-6-25)14-16(19)22-18(20)23-17(14)24/h9-10,27H,4,6,8,11H2,1-3H3,(H2,22,24,25);8-9,26H,5,7,10H2,1-3H3,(H2,21,23,24);7-8,25H,6,9H2,1-3H3,(H2,20,22,23). The van der Waals surface area contributed by atoms with Gasteiger partial charge < -0.3 is 60.4 Å². The van der Waals surface area contributed by atoms with Gasteiger partial charge in [0.2, 0.25) is 17.8 Å². The van der Waals surface area contributed by atoms with Gasteiger partial charge in [0, 0.05) is 90.0 Å². The van der Waals surface area contributed by atoms with E-state index < -0.39 is 0 Å². The lowest BCUT2D eigenvalue weighted by Gasteiger charge is -2.13. The minimum absolute atomic E-state index is 0.00486. The van der Waals surface area contributed by atoms with Crippen molar-refractivity contribution < 1.29 is 29.5 Å². The van der Waals surface area contributed by atoms with Gasteiger partial charge in [0.25, 0.3) is 0 Å². The Labute approximate surface area is 482 Å². The van der Waals surface area contributed by atoms with E-state index in [1.807, 2.05) is 67.6 Å². The number of methoxy groups -OCH3 is 3. The minimum atomic E-state index is -0.254. The largest absolute Gasteiger partial charge is 0.496 e. The average Bonchev–Trinajstić information content (AvgIpc) is 4.16. The first kappa shape index (κ1) is 60.2. The molecule has 0 saturated carbocycles. The fraction of sp³-hybridized carbons (Fsp3) is 0.316. The first-order valence-corrected chi connectivity index (χ1v) is 26.2. The number of aliphatic hydroxyl groups excluding tert-OH is 3. The molecule has 420 valence electrons. The van der Waals surface area contributed by atoms with Crippen LogP contribution in [0, 0.1) is 77.1 Å². The normalized spacial score (nSPS) is 10.7. The van der Waals surface area contributed by atoms with E-state index in [1.54, 1.807) is 46.1 Å². The van der Waals surface area contributed by atoms with Crippen LogP contribution in [0.15, 0.2) is 37.2 Å². The molecule has 0 fully saturated rings. The van der Waals surface area contributed by atoms with Crippen molar-refractivity contribution in [3.8, 4) is 52.8 Å². The van der Waals surface area contributed by atoms with Gasteiger partial charge in [-0.2, -0.15) is 15.0 Å². The molecule has 0 radical (unpaired) electrons. The molecule has 0 atom stereocenters. The molecule has 9 aromatic rings. The number of fused-ring (bicyclic) bond motifs is 3. The first-order chi connectivity index (χ1) is 38.9. The monoisotopic (exact) mass is 1160 g/mol. The molecular formula is C57H60Cl3N15O6. The molecule has 21 nitrogen and oxygen atoms in total. The maximum atomic E-state index is 8.99. The highest BCUT2D eigenvalue weighted by molar-refractivity contribution is 6.35. The fourth-order valence-electron chi connectivity index (χ4n) is 8.97. The molecule has 0 aliphatic rings. The van der Waals surface area contributed by atoms with Crippen LogP contribution >= 0.6 is 34.8 Å². The number of hydrogen-bond acceptors (Lipinski definition) is 18. The second kappa shape index (κ2) is 27.1. The Balaban J connectivity index is 0.000000175. The van der Waals surface area contributed by atoms with Crippen LogP contribution in [0.1, 0.15) is 86.4 Å². The van der Waals surface area contributed by atoms with Crippen LogP contribution in [0.2, 0.25) is 15.5 Å². The molecule has 9 rings (SSSR count). The summed E-state index contributed by atoms with van der Waals surface area (Å²) in [4.78, 5) is 38.7. The summed E-state index contributed by atoms with van der Waals surface area (Å²) in [6.45, 7) is 13.0. The van der Waals surface area contributed by atoms with Gasteiger partial charge in [-0.3, -0.25) is 15.0 Å². The number of rotatable bonds is 12. The third-order valence-corrected chi connectivity index (χ3v) is 13.5. The number of unbranched alkanes of at least 4 members (excludes halogenated alkanes) is 1. The van der Waals surface area contributed by atoms with Crippen molar-refractivity contribution in [1.29, 1.82) is 0 Å². The summed E-state index contributed by atoms with van der Waals surface area (Å²) in [6.07, 6.45) is 12.5. The van der Waals surface area contributed by atoms with Crippen molar-refractivity contribution in [2.45, 2.75) is 80.4 Å². The van der Waals surface area contributed by atoms with E-state index in [4.69, 9.17) is 81.5 Å². The maximum Gasteiger partial charge on any atom is 0.223 e. The number of halogens is 3. The van der Waals surface area contributed by atoms with Crippen LogP contribution in [0.25, 0.3) is 33.1 Å². The summed E-state index contributed by atoms with van der Waals surface area (Å²) in [6, 6.07) is 0. The zero-order chi connectivity index (χ0) is 58.7. The molecule has 0 amide bonds. The molecule has 0 saturated heterocycles. The van der Waals surface area contributed by atoms with E-state index in [2.05, 4.69) is 80.4 Å². The van der Waals surface area contributed by atoms with Crippen molar-refractivity contribution in [3.63, 3.8) is 0 Å². The van der Waals surface area contributed by atoms with Crippen molar-refractivity contribution in [2.75, 3.05) is 58.4 Å². The SMILES string of the molecule is COc1c(C)cnc(Cn2cc(C#CCCCO)c3c(Cl)nc(N)nc32)c1C.COc1c(C)cnc(Cn2cc(C#CCCO)c3c(Cl)nc(N)nc32)c1C.COc1c(C)cnc(Cn2cc(C#CCO)c3c(Cl)nc(N)nc32)c1C. The molecule has 81 heavy (non-hydrogen) atoms. The number of hydrogen-bond donors (Lipinski definition) is 6. The predicted octanol–water partition coefficient (Wildman–Crippen LogP) is 7.41. The zero-order valence-corrected chi connectivity index (χ0v) is 48.4. The Morgan fingerprint density at radius 3 is 1.09 bits per heavy atom. The van der Waals surface area contributed by atoms with Crippen LogP contribution in [0.3, 0.4) is 0 Å². The molecule has 0 bridgehead atoms. The summed E-state index contributed by atoms with van der Waals surface area (Å²) in [5, 5.41) is 29.5. The second-order valence-electron chi connectivity index (χ2n) is 18.2. The molecule has 9 heterocycles. The molecule has 9 aromatic heterocycles. The molecule has 9 N–H and O–H groups in total. The van der Waals surface area contributed by atoms with Crippen LogP contribution < -0.4 is 31.4 Å². The number of nitrogens with two attached hydrogens (primary N) is 3. The van der Waals surface area contributed by atoms with E-state index in [1.165, 1.54) is 0 Å². The summed E-state index contributed by atoms with van der Waals surface area (Å²) in [5.74, 6) is 20.3. The summed E-state index contributed by atoms with van der Waals surface area (Å²) < 4.78 is 22.1. The lowest BCUT2D eigenvalue weighted by molar-refractivity contribution is 0.290. The van der Waals surface area contributed by atoms with E-state index in [-0.39, 0.29) is 53.1 Å². The Kier molecular flexibility index (Phi) is 20.2. The van der Waals surface area contributed by atoms with Crippen molar-refractivity contribution in [2.24, 2.45) is 0 Å². The Bertz CT molecular complexity index is 4010. The van der Waals surface area contributed by atoms with E-state index in [0.29, 0.717) is 83.1 Å². The Morgan fingerprint density at radius 1 is 0.469 bits per heavy atom. The van der Waals surface area contributed by atoms with Gasteiger partial charge in [-0.25, -0.2) is 15.0 Å². The summed E-state index contributed by atoms with van der Waals surface area (Å²) >= 11 is 18.9. The molecule has 0 aliphatic heterocycles. The predicted molar refractivity (Wildman–Crippen MR) is 315 cm³/mol. The van der Waals surface area contributed by atoms with Crippen LogP contribution in [-0.4, -0.2) is 115 Å². The van der Waals surface area contributed by atoms with Gasteiger partial charge in [-0.1, -0.05) is 70.3 Å². The number of ether oxygens (including phenoxy) is 3. The molecule has 24 heteroatoms. The number of aromatic nitrogens is 12. The highest BCUT2D eigenvalue weighted by Gasteiger charge is 2.21. The number of pyridine rings is 3. The quantitative estimate of drug-likeness (QED) is 0.0394. The van der Waals surface area contributed by atoms with Gasteiger partial charge in [0.05, 0.1) is 97.5 Å². The topological polar surface area (TPSA) is 297 Å². The smallest absolute Gasteiger partial charge is 0.223 e. The minimum Gasteiger partial charge on any atom is -0.496 e. The van der Waals surface area contributed by atoms with E-state index in [0.717, 1.165) is 73.3 Å². The Hall–Kier alpha value is -8.46. The highest BCUT2D eigenvalue weighted by atomic mass is 35.5. The second-order valence-corrected chi connectivity index (χ2v) is 19.3. The maximum absolute atomic E-state index is 8.99. The fourth-order valence-corrected chi connectivity index (χ4v) is 9.79. The Morgan fingerprint density at radius 2 is 0.790 bits per heavy atom. The van der Waals surface area contributed by atoms with E-state index in [9.17, 15) is 0 Å². The molecule has 0 aromatic carbocycles. The molecule has 0 unspecified atom stereocenters. The highest BCUT2D eigenvalue weighted by Crippen LogP contribution is 2.33. The van der Waals surface area contributed by atoms with Crippen LogP contribution in [-0.2, 0) is 19.6 Å². The van der Waals surface area contributed by atoms with Gasteiger partial charge >= 0.3 is 0 Å². The van der Waals surface area contributed by atoms with Gasteiger partial charge in [-0.05, 0) is 48.0 Å². The molecule has 0 aliphatic carbocycles. The summed E-state index contributed by atoms with van der Waals surface area (Å²) in [7, 11) is 4.94. The third kappa shape index (κ3) is 13.6. The van der Waals surface area contributed by atoms with Crippen molar-refractivity contribution in [3.05, 3.63) is 120 Å². The van der Waals surface area contributed by atoms with Crippen molar-refractivity contribution >= 4 is 85.7 Å². The zero-order valence-electron chi connectivity index (χ0n) is 46.1. The molecule has 0 spiro atoms. The van der Waals surface area contributed by atoms with Gasteiger partial charge in [-0.15, -0.1) is 0 Å². The van der Waals surface area contributed by atoms with Crippen molar-refractivity contribution in [1.82, 2.24) is 58.6 Å². The molecular weight excluding hydrogens is 1100 g/mol. The number of anilines is 3. The van der Waals surface area contributed by atoms with Crippen LogP contribution in [0.5, 0.6) is 17.2 Å². The number of aryl methyl sites for hydroxylation is 3. The van der Waals surface area contributed by atoms with Crippen LogP contribution in [0.4, 0.5) is 17.8 Å². The third-order valence-electron chi connectivity index (χ3n) is 12.7. The van der Waals surface area contributed by atoms with E-state index >= 15 is 0 Å². The van der Waals surface area contributed by atoms with Gasteiger partial charge in [0.1, 0.15) is 56.3 Å². The number of aliphatic hydroxyl groups is 3. The number of nitrogen functional groups attached to an aromatic ring is 3. The lowest BCUT2D eigenvalue weighted by Crippen LogP contribution is -2.07. The van der Waals surface area contributed by atoms with Gasteiger partial charge in [0.15, 0.2) is 0 Å². The number of nitrogens with zero attached hydrogens (tertiary/aromatic N) is 12. The average molecular weight is 1160 g/mol.